The highest BCUT2D eigenvalue weighted by molar-refractivity contribution is 5.89. The highest BCUT2D eigenvalue weighted by Gasteiger charge is 2.39. The molecule has 1 aliphatic rings. The van der Waals surface area contributed by atoms with Gasteiger partial charge in [0.05, 0.1) is 11.3 Å². The minimum Gasteiger partial charge on any atom is -0.481 e. The number of carboxylic acid groups (broad SMARTS) is 1. The molecule has 4 nitrogen and oxygen atoms in total. The second-order valence-corrected chi connectivity index (χ2v) is 6.91. The Bertz CT molecular complexity index is 814. The number of carboxylic acids is 1. The van der Waals surface area contributed by atoms with Crippen molar-refractivity contribution >= 4 is 11.9 Å². The van der Waals surface area contributed by atoms with E-state index < -0.39 is 17.3 Å². The SMILES string of the molecule is CC(C)(C(=O)N1Cc2ccccc2C(C(=O)O)C1)c1ccc(F)cc1. The van der Waals surface area contributed by atoms with Crippen LogP contribution in [0, 0.1) is 5.82 Å². The van der Waals surface area contributed by atoms with Crippen LogP contribution >= 0.6 is 0 Å². The molecule has 5 heteroatoms. The number of halogens is 1. The van der Waals surface area contributed by atoms with Gasteiger partial charge < -0.3 is 10.0 Å². The van der Waals surface area contributed by atoms with Crippen molar-refractivity contribution in [1.82, 2.24) is 4.90 Å². The summed E-state index contributed by atoms with van der Waals surface area (Å²) in [5.74, 6) is -2.20. The van der Waals surface area contributed by atoms with Crippen LogP contribution in [0.25, 0.3) is 0 Å². The van der Waals surface area contributed by atoms with Gasteiger partial charge in [-0.25, -0.2) is 4.39 Å². The highest BCUT2D eigenvalue weighted by atomic mass is 19.1. The van der Waals surface area contributed by atoms with Crippen LogP contribution in [0.3, 0.4) is 0 Å². The van der Waals surface area contributed by atoms with Crippen LogP contribution < -0.4 is 0 Å². The highest BCUT2D eigenvalue weighted by Crippen LogP contribution is 2.33. The van der Waals surface area contributed by atoms with E-state index >= 15 is 0 Å². The van der Waals surface area contributed by atoms with Gasteiger partial charge in [-0.1, -0.05) is 36.4 Å². The molecule has 0 aliphatic carbocycles. The quantitative estimate of drug-likeness (QED) is 0.932. The van der Waals surface area contributed by atoms with Gasteiger partial charge >= 0.3 is 5.97 Å². The largest absolute Gasteiger partial charge is 0.481 e. The number of carbonyl (C=O) groups excluding carboxylic acids is 1. The Hall–Kier alpha value is -2.69. The van der Waals surface area contributed by atoms with Crippen LogP contribution in [0.1, 0.15) is 36.5 Å². The zero-order valence-corrected chi connectivity index (χ0v) is 14.2. The Balaban J connectivity index is 1.92. The molecule has 25 heavy (non-hydrogen) atoms. The van der Waals surface area contributed by atoms with E-state index in [1.165, 1.54) is 12.1 Å². The molecule has 2 aromatic carbocycles. The van der Waals surface area contributed by atoms with Crippen molar-refractivity contribution in [3.05, 3.63) is 71.0 Å². The van der Waals surface area contributed by atoms with Crippen LogP contribution in [0.15, 0.2) is 48.5 Å². The number of benzene rings is 2. The molecule has 0 fully saturated rings. The third-order valence-electron chi connectivity index (χ3n) is 4.88. The summed E-state index contributed by atoms with van der Waals surface area (Å²) in [5, 5.41) is 9.56. The van der Waals surface area contributed by atoms with Crippen molar-refractivity contribution in [2.24, 2.45) is 0 Å². The summed E-state index contributed by atoms with van der Waals surface area (Å²) < 4.78 is 13.2. The molecular formula is C20H20FNO3. The standard InChI is InChI=1S/C20H20FNO3/c1-20(2,14-7-9-15(21)10-8-14)19(25)22-11-13-5-3-4-6-16(13)17(12-22)18(23)24/h3-10,17H,11-12H2,1-2H3,(H,23,24). The summed E-state index contributed by atoms with van der Waals surface area (Å²) >= 11 is 0. The number of nitrogens with zero attached hydrogens (tertiary/aromatic N) is 1. The van der Waals surface area contributed by atoms with Gasteiger partial charge in [0.15, 0.2) is 0 Å². The molecule has 1 atom stereocenters. The minimum absolute atomic E-state index is 0.135. The van der Waals surface area contributed by atoms with E-state index in [-0.39, 0.29) is 18.3 Å². The van der Waals surface area contributed by atoms with Crippen molar-refractivity contribution < 1.29 is 19.1 Å². The van der Waals surface area contributed by atoms with Gasteiger partial charge in [-0.3, -0.25) is 9.59 Å². The van der Waals surface area contributed by atoms with E-state index in [4.69, 9.17) is 0 Å². The summed E-state index contributed by atoms with van der Waals surface area (Å²) in [6, 6.07) is 13.2. The van der Waals surface area contributed by atoms with Crippen LogP contribution in [0.5, 0.6) is 0 Å². The van der Waals surface area contributed by atoms with Gasteiger partial charge in [0.25, 0.3) is 0 Å². The number of rotatable bonds is 3. The van der Waals surface area contributed by atoms with E-state index in [1.54, 1.807) is 36.9 Å². The Morgan fingerprint density at radius 2 is 1.76 bits per heavy atom. The molecule has 0 spiro atoms. The molecule has 0 aromatic heterocycles. The van der Waals surface area contributed by atoms with E-state index in [1.807, 2.05) is 18.2 Å². The molecule has 0 radical (unpaired) electrons. The average Bonchev–Trinajstić information content (AvgIpc) is 2.60. The molecule has 1 amide bonds. The van der Waals surface area contributed by atoms with Crippen LogP contribution in [-0.4, -0.2) is 28.4 Å². The molecule has 1 heterocycles. The van der Waals surface area contributed by atoms with Gasteiger partial charge in [0.1, 0.15) is 5.82 Å². The zero-order valence-electron chi connectivity index (χ0n) is 14.2. The van der Waals surface area contributed by atoms with Crippen molar-refractivity contribution in [3.8, 4) is 0 Å². The van der Waals surface area contributed by atoms with E-state index in [0.29, 0.717) is 12.1 Å². The molecule has 2 aromatic rings. The van der Waals surface area contributed by atoms with Gasteiger partial charge in [0, 0.05) is 13.1 Å². The predicted octanol–water partition coefficient (Wildman–Crippen LogP) is 3.31. The molecule has 1 N–H and O–H groups in total. The topological polar surface area (TPSA) is 57.6 Å². The van der Waals surface area contributed by atoms with Crippen LogP contribution in [0.2, 0.25) is 0 Å². The third-order valence-corrected chi connectivity index (χ3v) is 4.88. The maximum atomic E-state index is 13.2. The number of hydrogen-bond acceptors (Lipinski definition) is 2. The smallest absolute Gasteiger partial charge is 0.312 e. The predicted molar refractivity (Wildman–Crippen MR) is 91.7 cm³/mol. The van der Waals surface area contributed by atoms with Crippen molar-refractivity contribution in [1.29, 1.82) is 0 Å². The Morgan fingerprint density at radius 3 is 2.40 bits per heavy atom. The Kier molecular flexibility index (Phi) is 4.33. The first-order valence-electron chi connectivity index (χ1n) is 8.16. The van der Waals surface area contributed by atoms with Gasteiger partial charge in [-0.05, 0) is 42.7 Å². The first-order valence-corrected chi connectivity index (χ1v) is 8.16. The lowest BCUT2D eigenvalue weighted by Crippen LogP contribution is -2.47. The molecule has 0 saturated heterocycles. The maximum absolute atomic E-state index is 13.2. The zero-order chi connectivity index (χ0) is 18.2. The lowest BCUT2D eigenvalue weighted by atomic mass is 9.81. The number of hydrogen-bond donors (Lipinski definition) is 1. The molecular weight excluding hydrogens is 321 g/mol. The lowest BCUT2D eigenvalue weighted by molar-refractivity contribution is -0.143. The van der Waals surface area contributed by atoms with Crippen molar-refractivity contribution in [3.63, 3.8) is 0 Å². The fourth-order valence-electron chi connectivity index (χ4n) is 3.36. The van der Waals surface area contributed by atoms with Gasteiger partial charge in [-0.15, -0.1) is 0 Å². The number of fused-ring (bicyclic) bond motifs is 1. The molecule has 130 valence electrons. The first-order chi connectivity index (χ1) is 11.8. The Labute approximate surface area is 145 Å². The van der Waals surface area contributed by atoms with Crippen molar-refractivity contribution in [2.75, 3.05) is 6.54 Å². The van der Waals surface area contributed by atoms with Crippen molar-refractivity contribution in [2.45, 2.75) is 31.7 Å². The normalized spacial score (nSPS) is 17.1. The third kappa shape index (κ3) is 3.14. The molecule has 0 bridgehead atoms. The molecule has 1 unspecified atom stereocenters. The van der Waals surface area contributed by atoms with E-state index in [9.17, 15) is 19.1 Å². The van der Waals surface area contributed by atoms with Crippen LogP contribution in [0.4, 0.5) is 4.39 Å². The summed E-state index contributed by atoms with van der Waals surface area (Å²) in [5.41, 5.74) is 1.44. The minimum atomic E-state index is -0.940. The number of aliphatic carboxylic acids is 1. The van der Waals surface area contributed by atoms with Gasteiger partial charge in [-0.2, -0.15) is 0 Å². The molecule has 3 rings (SSSR count). The monoisotopic (exact) mass is 341 g/mol. The lowest BCUT2D eigenvalue weighted by Gasteiger charge is -2.37. The average molecular weight is 341 g/mol. The number of carbonyl (C=O) groups is 2. The van der Waals surface area contributed by atoms with E-state index in [0.717, 1.165) is 11.1 Å². The van der Waals surface area contributed by atoms with Gasteiger partial charge in [0.2, 0.25) is 5.91 Å². The summed E-state index contributed by atoms with van der Waals surface area (Å²) in [6.07, 6.45) is 0. The second kappa shape index (κ2) is 6.31. The molecule has 1 aliphatic heterocycles. The fraction of sp³-hybridized carbons (Fsp3) is 0.300. The summed E-state index contributed by atoms with van der Waals surface area (Å²) in [6.45, 7) is 4.07. The maximum Gasteiger partial charge on any atom is 0.312 e. The number of amides is 1. The first kappa shape index (κ1) is 17.1. The molecule has 0 saturated carbocycles. The summed E-state index contributed by atoms with van der Waals surface area (Å²) in [7, 11) is 0. The fourth-order valence-corrected chi connectivity index (χ4v) is 3.36. The second-order valence-electron chi connectivity index (χ2n) is 6.91. The summed E-state index contributed by atoms with van der Waals surface area (Å²) in [4.78, 5) is 26.4. The van der Waals surface area contributed by atoms with E-state index in [2.05, 4.69) is 0 Å². The van der Waals surface area contributed by atoms with Crippen LogP contribution in [-0.2, 0) is 21.5 Å². The Morgan fingerprint density at radius 1 is 1.12 bits per heavy atom.